The van der Waals surface area contributed by atoms with Crippen LogP contribution in [0, 0.1) is 29.7 Å². The van der Waals surface area contributed by atoms with Gasteiger partial charge >= 0.3 is 0 Å². The van der Waals surface area contributed by atoms with E-state index in [9.17, 15) is 14.9 Å². The van der Waals surface area contributed by atoms with E-state index in [2.05, 4.69) is 38.6 Å². The number of carbonyl (C=O) groups excluding carboxylic acids is 2. The standard InChI is InChI=1S/C42H44N2O4S4/c1-6-10-18-27(8-3)25-47-35-37-38(50-41(49-37)31(24-43)33(45)29-20-14-12-15-21-29)36(48-26-28(9-4)19-11-7-2)40-39(35)51-42(52-40)32(44-5)34(46)30-22-16-13-17-23-30/h12-17,20-23,27-28H,6-11,18-19,25-26H2,1-4H3. The quantitative estimate of drug-likeness (QED) is 0.0544. The smallest absolute Gasteiger partial charge is 0.254 e. The summed E-state index contributed by atoms with van der Waals surface area (Å²) in [6.45, 7) is 17.8. The van der Waals surface area contributed by atoms with Gasteiger partial charge in [-0.05, 0) is 24.7 Å². The van der Waals surface area contributed by atoms with Gasteiger partial charge in [0.15, 0.2) is 5.78 Å². The molecular weight excluding hydrogens is 725 g/mol. The van der Waals surface area contributed by atoms with Gasteiger partial charge < -0.3 is 14.3 Å². The Morgan fingerprint density at radius 1 is 0.692 bits per heavy atom. The van der Waals surface area contributed by atoms with Crippen molar-refractivity contribution in [2.24, 2.45) is 11.8 Å². The molecule has 0 saturated carbocycles. The average molecular weight is 769 g/mol. The molecule has 2 heterocycles. The maximum atomic E-state index is 13.7. The molecule has 0 bridgehead atoms. The highest BCUT2D eigenvalue weighted by Crippen LogP contribution is 2.68. The van der Waals surface area contributed by atoms with Crippen molar-refractivity contribution in [1.82, 2.24) is 0 Å². The molecule has 6 nitrogen and oxygen atoms in total. The summed E-state index contributed by atoms with van der Waals surface area (Å²) in [5.74, 6) is 1.37. The predicted octanol–water partition coefficient (Wildman–Crippen LogP) is 12.9. The Balaban J connectivity index is 1.66. The van der Waals surface area contributed by atoms with Gasteiger partial charge in [-0.3, -0.25) is 4.79 Å². The first-order valence-electron chi connectivity index (χ1n) is 18.0. The molecule has 0 aromatic heterocycles. The normalized spacial score (nSPS) is 14.1. The third kappa shape index (κ3) is 9.15. The molecule has 3 aromatic rings. The number of nitrogens with zero attached hydrogens (tertiary/aromatic N) is 2. The highest BCUT2D eigenvalue weighted by Gasteiger charge is 2.40. The summed E-state index contributed by atoms with van der Waals surface area (Å²) in [4.78, 5) is 34.4. The van der Waals surface area contributed by atoms with Crippen LogP contribution in [-0.2, 0) is 0 Å². The van der Waals surface area contributed by atoms with Gasteiger partial charge in [-0.2, -0.15) is 5.26 Å². The van der Waals surface area contributed by atoms with Crippen LogP contribution < -0.4 is 9.47 Å². The lowest BCUT2D eigenvalue weighted by atomic mass is 10.0. The van der Waals surface area contributed by atoms with Gasteiger partial charge in [0.25, 0.3) is 5.70 Å². The third-order valence-corrected chi connectivity index (χ3v) is 14.3. The van der Waals surface area contributed by atoms with E-state index in [1.807, 2.05) is 12.1 Å². The number of thioether (sulfide) groups is 4. The second-order valence-electron chi connectivity index (χ2n) is 12.8. The van der Waals surface area contributed by atoms with Crippen molar-refractivity contribution >= 4 is 58.6 Å². The van der Waals surface area contributed by atoms with Gasteiger partial charge in [-0.1, -0.05) is 174 Å². The summed E-state index contributed by atoms with van der Waals surface area (Å²) < 4.78 is 14.8. The van der Waals surface area contributed by atoms with Crippen molar-refractivity contribution in [3.63, 3.8) is 0 Å². The topological polar surface area (TPSA) is 80.8 Å². The zero-order chi connectivity index (χ0) is 37.0. The van der Waals surface area contributed by atoms with Crippen molar-refractivity contribution in [1.29, 1.82) is 5.26 Å². The molecular formula is C42H44N2O4S4. The molecule has 2 unspecified atom stereocenters. The Bertz CT molecular complexity index is 1730. The van der Waals surface area contributed by atoms with Gasteiger partial charge in [0.1, 0.15) is 23.1 Å². The molecule has 2 aliphatic heterocycles. The van der Waals surface area contributed by atoms with Crippen LogP contribution in [0.15, 0.2) is 100.0 Å². The molecule has 0 amide bonds. The number of nitriles is 1. The lowest BCUT2D eigenvalue weighted by Gasteiger charge is -2.22. The van der Waals surface area contributed by atoms with Gasteiger partial charge in [-0.15, -0.1) is 0 Å². The minimum atomic E-state index is -0.324. The molecule has 0 N–H and O–H groups in total. The average Bonchev–Trinajstić information content (AvgIpc) is 3.82. The molecule has 0 saturated heterocycles. The molecule has 0 fully saturated rings. The van der Waals surface area contributed by atoms with E-state index in [1.165, 1.54) is 47.0 Å². The number of ether oxygens (including phenoxy) is 2. The van der Waals surface area contributed by atoms with Crippen LogP contribution in [0.25, 0.3) is 4.85 Å². The van der Waals surface area contributed by atoms with Gasteiger partial charge in [0, 0.05) is 11.1 Å². The minimum absolute atomic E-state index is 0.0688. The number of carbonyl (C=O) groups is 2. The Hall–Kier alpha value is -3.54. The number of hydrogen-bond acceptors (Lipinski definition) is 9. The van der Waals surface area contributed by atoms with Crippen molar-refractivity contribution in [3.05, 3.63) is 103 Å². The van der Waals surface area contributed by atoms with Crippen molar-refractivity contribution in [2.45, 2.75) is 98.6 Å². The first-order chi connectivity index (χ1) is 25.4. The fourth-order valence-corrected chi connectivity index (χ4v) is 11.3. The fourth-order valence-electron chi connectivity index (χ4n) is 5.90. The number of rotatable bonds is 18. The monoisotopic (exact) mass is 768 g/mol. The second-order valence-corrected chi connectivity index (χ2v) is 17.3. The van der Waals surface area contributed by atoms with E-state index < -0.39 is 0 Å². The summed E-state index contributed by atoms with van der Waals surface area (Å²) in [6.07, 6.45) is 8.47. The van der Waals surface area contributed by atoms with Crippen molar-refractivity contribution in [3.8, 4) is 17.6 Å². The number of hydrogen-bond donors (Lipinski definition) is 0. The van der Waals surface area contributed by atoms with E-state index in [4.69, 9.17) is 16.0 Å². The van der Waals surface area contributed by atoms with E-state index in [1.54, 1.807) is 48.5 Å². The fraction of sp³-hybridized carbons (Fsp3) is 0.381. The van der Waals surface area contributed by atoms with Crippen LogP contribution in [0.4, 0.5) is 0 Å². The maximum Gasteiger partial charge on any atom is 0.254 e. The first-order valence-corrected chi connectivity index (χ1v) is 21.3. The third-order valence-electron chi connectivity index (χ3n) is 9.16. The van der Waals surface area contributed by atoms with Crippen LogP contribution in [-0.4, -0.2) is 24.8 Å². The molecule has 5 rings (SSSR count). The van der Waals surface area contributed by atoms with E-state index in [0.717, 1.165) is 70.9 Å². The summed E-state index contributed by atoms with van der Waals surface area (Å²) in [6, 6.07) is 20.0. The molecule has 0 aliphatic carbocycles. The zero-order valence-electron chi connectivity index (χ0n) is 30.2. The van der Waals surface area contributed by atoms with Gasteiger partial charge in [-0.25, -0.2) is 4.85 Å². The number of allylic oxidation sites excluding steroid dienone is 2. The van der Waals surface area contributed by atoms with Crippen LogP contribution in [0.5, 0.6) is 11.5 Å². The van der Waals surface area contributed by atoms with Crippen molar-refractivity contribution < 1.29 is 19.1 Å². The summed E-state index contributed by atoms with van der Waals surface area (Å²) in [7, 11) is 0. The van der Waals surface area contributed by atoms with Crippen LogP contribution in [0.3, 0.4) is 0 Å². The molecule has 2 aliphatic rings. The summed E-state index contributed by atoms with van der Waals surface area (Å²) >= 11 is 5.51. The Morgan fingerprint density at radius 2 is 1.12 bits per heavy atom. The van der Waals surface area contributed by atoms with Gasteiger partial charge in [0.2, 0.25) is 5.78 Å². The second kappa shape index (κ2) is 19.5. The van der Waals surface area contributed by atoms with E-state index in [-0.39, 0.29) is 22.8 Å². The van der Waals surface area contributed by atoms with Crippen LogP contribution in [0.1, 0.15) is 99.8 Å². The Morgan fingerprint density at radius 3 is 1.50 bits per heavy atom. The highest BCUT2D eigenvalue weighted by molar-refractivity contribution is 8.26. The van der Waals surface area contributed by atoms with E-state index >= 15 is 0 Å². The summed E-state index contributed by atoms with van der Waals surface area (Å²) in [5, 5.41) is 10.4. The zero-order valence-corrected chi connectivity index (χ0v) is 33.4. The SMILES string of the molecule is [C-]#[N+]C(C(=O)c1ccccc1)=C1Sc2c(OCC(CC)CCCC)c3c(c(OCC(CC)CCCC)c2S1)SC(=C(C#N)C(=O)c1ccccc1)S3. The Labute approximate surface area is 325 Å². The number of ketones is 2. The lowest BCUT2D eigenvalue weighted by Crippen LogP contribution is -2.14. The number of unbranched alkanes of at least 4 members (excludes halogenated alkanes) is 2. The molecule has 52 heavy (non-hydrogen) atoms. The molecule has 270 valence electrons. The largest absolute Gasteiger partial charge is 0.491 e. The molecule has 3 aromatic carbocycles. The molecule has 0 radical (unpaired) electrons. The molecule has 2 atom stereocenters. The van der Waals surface area contributed by atoms with E-state index in [0.29, 0.717) is 56.1 Å². The number of Topliss-reactive ketones (excluding diaryl/α,β-unsaturated/α-hetero) is 2. The molecule has 10 heteroatoms. The highest BCUT2D eigenvalue weighted by atomic mass is 32.2. The summed E-state index contributed by atoms with van der Waals surface area (Å²) in [5.41, 5.74) is 1.07. The Kier molecular flexibility index (Phi) is 14.9. The van der Waals surface area contributed by atoms with Crippen molar-refractivity contribution in [2.75, 3.05) is 13.2 Å². The molecule has 0 spiro atoms. The lowest BCUT2D eigenvalue weighted by molar-refractivity contribution is 0.103. The van der Waals surface area contributed by atoms with Crippen LogP contribution >= 0.6 is 47.0 Å². The first kappa shape index (κ1) is 39.7. The predicted molar refractivity (Wildman–Crippen MR) is 215 cm³/mol. The van der Waals surface area contributed by atoms with Gasteiger partial charge in [0.05, 0.1) is 47.8 Å². The number of fused-ring (bicyclic) bond motifs is 2. The maximum absolute atomic E-state index is 13.7. The van der Waals surface area contributed by atoms with Crippen LogP contribution in [0.2, 0.25) is 0 Å². The number of benzene rings is 3. The minimum Gasteiger partial charge on any atom is -0.491 e.